The van der Waals surface area contributed by atoms with Crippen molar-refractivity contribution in [3.63, 3.8) is 0 Å². The van der Waals surface area contributed by atoms with Gasteiger partial charge in [-0.3, -0.25) is 4.79 Å². The molecule has 3 amide bonds. The molecule has 2 rings (SSSR count). The Labute approximate surface area is 131 Å². The number of piperazine rings is 1. The number of benzene rings is 1. The zero-order valence-electron chi connectivity index (χ0n) is 13.1. The number of amides is 3. The van der Waals surface area contributed by atoms with Gasteiger partial charge in [-0.05, 0) is 25.0 Å². The molecule has 1 aliphatic heterocycles. The van der Waals surface area contributed by atoms with Crippen LogP contribution in [-0.2, 0) is 4.79 Å². The molecule has 120 valence electrons. The molecule has 0 radical (unpaired) electrons. The smallest absolute Gasteiger partial charge is 0.312 e. The molecule has 0 unspecified atom stereocenters. The van der Waals surface area contributed by atoms with Gasteiger partial charge in [0.1, 0.15) is 0 Å². The van der Waals surface area contributed by atoms with Crippen molar-refractivity contribution in [3.05, 3.63) is 35.4 Å². The van der Waals surface area contributed by atoms with Gasteiger partial charge in [-0.15, -0.1) is 0 Å². The standard InChI is InChI=1S/C16H24N4O2/c1-11-5-3-4-6-13(11)14(19-16(17)22)9-15(21)20-8-7-18-10-12(20)2/h3-6,12,14,18H,7-10H2,1-2H3,(H3,17,19,22)/t12-,14+/m0/s1. The Morgan fingerprint density at radius 1 is 1.45 bits per heavy atom. The average molecular weight is 304 g/mol. The molecule has 1 heterocycles. The van der Waals surface area contributed by atoms with E-state index in [9.17, 15) is 9.59 Å². The number of primary amides is 1. The number of nitrogens with one attached hydrogen (secondary N) is 2. The Morgan fingerprint density at radius 3 is 2.82 bits per heavy atom. The third kappa shape index (κ3) is 3.98. The number of carbonyl (C=O) groups excluding carboxylic acids is 2. The van der Waals surface area contributed by atoms with Crippen molar-refractivity contribution in [2.24, 2.45) is 5.73 Å². The van der Waals surface area contributed by atoms with Crippen LogP contribution in [0.25, 0.3) is 0 Å². The van der Waals surface area contributed by atoms with Crippen molar-refractivity contribution in [2.75, 3.05) is 19.6 Å². The summed E-state index contributed by atoms with van der Waals surface area (Å²) < 4.78 is 0. The zero-order chi connectivity index (χ0) is 16.1. The second-order valence-electron chi connectivity index (χ2n) is 5.76. The van der Waals surface area contributed by atoms with E-state index in [0.717, 1.165) is 24.2 Å². The van der Waals surface area contributed by atoms with E-state index < -0.39 is 12.1 Å². The van der Waals surface area contributed by atoms with E-state index in [0.29, 0.717) is 6.54 Å². The summed E-state index contributed by atoms with van der Waals surface area (Å²) in [6.45, 7) is 6.27. The quantitative estimate of drug-likeness (QED) is 0.773. The second kappa shape index (κ2) is 7.26. The fourth-order valence-corrected chi connectivity index (χ4v) is 2.89. The summed E-state index contributed by atoms with van der Waals surface area (Å²) in [5.41, 5.74) is 7.24. The summed E-state index contributed by atoms with van der Waals surface area (Å²) in [6, 6.07) is 6.86. The molecule has 0 saturated carbocycles. The summed E-state index contributed by atoms with van der Waals surface area (Å²) in [4.78, 5) is 25.7. The predicted octanol–water partition coefficient (Wildman–Crippen LogP) is 0.915. The molecule has 1 aliphatic rings. The molecular formula is C16H24N4O2. The van der Waals surface area contributed by atoms with Crippen molar-refractivity contribution < 1.29 is 9.59 Å². The lowest BCUT2D eigenvalue weighted by Crippen LogP contribution is -2.53. The first-order valence-electron chi connectivity index (χ1n) is 7.60. The molecule has 6 nitrogen and oxygen atoms in total. The van der Waals surface area contributed by atoms with Crippen LogP contribution in [0.5, 0.6) is 0 Å². The Bertz CT molecular complexity index is 547. The molecule has 0 spiro atoms. The topological polar surface area (TPSA) is 87.5 Å². The maximum atomic E-state index is 12.6. The molecule has 0 bridgehead atoms. The van der Waals surface area contributed by atoms with Crippen molar-refractivity contribution in [3.8, 4) is 0 Å². The van der Waals surface area contributed by atoms with Crippen LogP contribution in [0.15, 0.2) is 24.3 Å². The van der Waals surface area contributed by atoms with Crippen molar-refractivity contribution >= 4 is 11.9 Å². The summed E-state index contributed by atoms with van der Waals surface area (Å²) in [5, 5.41) is 5.96. The molecule has 4 N–H and O–H groups in total. The number of rotatable bonds is 4. The van der Waals surface area contributed by atoms with E-state index in [1.165, 1.54) is 0 Å². The van der Waals surface area contributed by atoms with Gasteiger partial charge in [0.15, 0.2) is 0 Å². The number of nitrogens with zero attached hydrogens (tertiary/aromatic N) is 1. The van der Waals surface area contributed by atoms with E-state index in [2.05, 4.69) is 10.6 Å². The Balaban J connectivity index is 2.14. The van der Waals surface area contributed by atoms with Crippen LogP contribution in [0.3, 0.4) is 0 Å². The first-order chi connectivity index (χ1) is 10.5. The van der Waals surface area contributed by atoms with Crippen LogP contribution in [0, 0.1) is 6.92 Å². The number of hydrogen-bond acceptors (Lipinski definition) is 3. The molecule has 0 aromatic heterocycles. The molecule has 0 aliphatic carbocycles. The Hall–Kier alpha value is -2.08. The van der Waals surface area contributed by atoms with Crippen LogP contribution in [-0.4, -0.2) is 42.5 Å². The average Bonchev–Trinajstić information content (AvgIpc) is 2.47. The van der Waals surface area contributed by atoms with Gasteiger partial charge in [0.05, 0.1) is 12.5 Å². The van der Waals surface area contributed by atoms with Gasteiger partial charge in [0.2, 0.25) is 5.91 Å². The molecule has 6 heteroatoms. The monoisotopic (exact) mass is 304 g/mol. The van der Waals surface area contributed by atoms with E-state index in [1.54, 1.807) is 0 Å². The van der Waals surface area contributed by atoms with Gasteiger partial charge in [0, 0.05) is 25.7 Å². The van der Waals surface area contributed by atoms with Gasteiger partial charge >= 0.3 is 6.03 Å². The van der Waals surface area contributed by atoms with Crippen LogP contribution >= 0.6 is 0 Å². The van der Waals surface area contributed by atoms with Gasteiger partial charge in [-0.25, -0.2) is 4.79 Å². The van der Waals surface area contributed by atoms with Crippen LogP contribution in [0.2, 0.25) is 0 Å². The Kier molecular flexibility index (Phi) is 5.38. The number of nitrogens with two attached hydrogens (primary N) is 1. The normalized spacial score (nSPS) is 19.5. The molecule has 2 atom stereocenters. The highest BCUT2D eigenvalue weighted by Gasteiger charge is 2.26. The minimum absolute atomic E-state index is 0.0380. The number of hydrogen-bond donors (Lipinski definition) is 3. The first kappa shape index (κ1) is 16.3. The summed E-state index contributed by atoms with van der Waals surface area (Å²) in [6.07, 6.45) is 0.220. The maximum Gasteiger partial charge on any atom is 0.312 e. The van der Waals surface area contributed by atoms with Gasteiger partial charge in [-0.2, -0.15) is 0 Å². The SMILES string of the molecule is Cc1ccccc1[C@@H](CC(=O)N1CCNC[C@@H]1C)NC(N)=O. The lowest BCUT2D eigenvalue weighted by Gasteiger charge is -2.35. The highest BCUT2D eigenvalue weighted by molar-refractivity contribution is 5.79. The van der Waals surface area contributed by atoms with Crippen molar-refractivity contribution in [1.82, 2.24) is 15.5 Å². The summed E-state index contributed by atoms with van der Waals surface area (Å²) in [5.74, 6) is 0.0380. The van der Waals surface area contributed by atoms with Crippen LogP contribution in [0.1, 0.15) is 30.5 Å². The summed E-state index contributed by atoms with van der Waals surface area (Å²) in [7, 11) is 0. The first-order valence-corrected chi connectivity index (χ1v) is 7.60. The van der Waals surface area contributed by atoms with E-state index in [4.69, 9.17) is 5.73 Å². The number of aryl methyl sites for hydroxylation is 1. The fourth-order valence-electron chi connectivity index (χ4n) is 2.89. The minimum Gasteiger partial charge on any atom is -0.352 e. The molecule has 1 aromatic rings. The second-order valence-corrected chi connectivity index (χ2v) is 5.76. The minimum atomic E-state index is -0.616. The molecule has 1 aromatic carbocycles. The molecule has 1 saturated heterocycles. The Morgan fingerprint density at radius 2 is 2.18 bits per heavy atom. The molecular weight excluding hydrogens is 280 g/mol. The van der Waals surface area contributed by atoms with Crippen molar-refractivity contribution in [1.29, 1.82) is 0 Å². The van der Waals surface area contributed by atoms with Gasteiger partial charge in [-0.1, -0.05) is 24.3 Å². The fraction of sp³-hybridized carbons (Fsp3) is 0.500. The van der Waals surface area contributed by atoms with Crippen molar-refractivity contribution in [2.45, 2.75) is 32.4 Å². The summed E-state index contributed by atoms with van der Waals surface area (Å²) >= 11 is 0. The van der Waals surface area contributed by atoms with E-state index in [-0.39, 0.29) is 18.4 Å². The lowest BCUT2D eigenvalue weighted by atomic mass is 9.98. The highest BCUT2D eigenvalue weighted by Crippen LogP contribution is 2.22. The van der Waals surface area contributed by atoms with E-state index in [1.807, 2.05) is 43.0 Å². The number of urea groups is 1. The zero-order valence-corrected chi connectivity index (χ0v) is 13.1. The third-order valence-electron chi connectivity index (χ3n) is 4.08. The molecule has 1 fully saturated rings. The van der Waals surface area contributed by atoms with Crippen LogP contribution in [0.4, 0.5) is 4.79 Å². The maximum absolute atomic E-state index is 12.6. The third-order valence-corrected chi connectivity index (χ3v) is 4.08. The lowest BCUT2D eigenvalue weighted by molar-refractivity contribution is -0.134. The number of carbonyl (C=O) groups is 2. The van der Waals surface area contributed by atoms with E-state index >= 15 is 0 Å². The predicted molar refractivity (Wildman–Crippen MR) is 85.3 cm³/mol. The van der Waals surface area contributed by atoms with Gasteiger partial charge in [0.25, 0.3) is 0 Å². The van der Waals surface area contributed by atoms with Gasteiger partial charge < -0.3 is 21.3 Å². The molecule has 22 heavy (non-hydrogen) atoms. The van der Waals surface area contributed by atoms with Crippen LogP contribution < -0.4 is 16.4 Å². The highest BCUT2D eigenvalue weighted by atomic mass is 16.2. The largest absolute Gasteiger partial charge is 0.352 e.